The zero-order valence-electron chi connectivity index (χ0n) is 12.0. The molecular formula is C12H18N6O2. The highest BCUT2D eigenvalue weighted by Crippen LogP contribution is 2.32. The van der Waals surface area contributed by atoms with Crippen LogP contribution in [0.1, 0.15) is 32.5 Å². The van der Waals surface area contributed by atoms with E-state index < -0.39 is 4.92 Å². The average Bonchev–Trinajstić information content (AvgIpc) is 2.94. The fourth-order valence-electron chi connectivity index (χ4n) is 1.99. The quantitative estimate of drug-likeness (QED) is 0.670. The number of aromatic nitrogens is 4. The van der Waals surface area contributed by atoms with Crippen molar-refractivity contribution in [1.29, 1.82) is 0 Å². The Balaban J connectivity index is 2.45. The molecule has 0 aliphatic carbocycles. The molecular weight excluding hydrogens is 260 g/mol. The molecule has 0 amide bonds. The molecule has 8 heteroatoms. The topological polar surface area (TPSA) is 90.8 Å². The van der Waals surface area contributed by atoms with E-state index in [2.05, 4.69) is 15.5 Å². The standard InChI is InChI=1S/C12H18N6O2/c1-5-16-7-10(6-13-16)14-12-11(18(19)20)9(4)15-17(12)8(2)3/h6-8,14H,5H2,1-4H3. The van der Waals surface area contributed by atoms with Gasteiger partial charge in [0.1, 0.15) is 5.69 Å². The van der Waals surface area contributed by atoms with Crippen LogP contribution >= 0.6 is 0 Å². The second-order valence-corrected chi connectivity index (χ2v) is 4.79. The number of aryl methyl sites for hydroxylation is 2. The molecule has 8 nitrogen and oxygen atoms in total. The van der Waals surface area contributed by atoms with Crippen LogP contribution in [-0.2, 0) is 6.54 Å². The third kappa shape index (κ3) is 2.49. The summed E-state index contributed by atoms with van der Waals surface area (Å²) < 4.78 is 3.37. The van der Waals surface area contributed by atoms with Crippen LogP contribution < -0.4 is 5.32 Å². The summed E-state index contributed by atoms with van der Waals surface area (Å²) in [5, 5.41) is 22.7. The van der Waals surface area contributed by atoms with Gasteiger partial charge in [-0.05, 0) is 27.7 Å². The maximum Gasteiger partial charge on any atom is 0.334 e. The first-order valence-corrected chi connectivity index (χ1v) is 6.47. The third-order valence-corrected chi connectivity index (χ3v) is 2.95. The third-order valence-electron chi connectivity index (χ3n) is 2.95. The van der Waals surface area contributed by atoms with Gasteiger partial charge in [0.25, 0.3) is 0 Å². The van der Waals surface area contributed by atoms with E-state index in [0.29, 0.717) is 17.2 Å². The van der Waals surface area contributed by atoms with Gasteiger partial charge in [-0.25, -0.2) is 4.68 Å². The second kappa shape index (κ2) is 5.32. The fourth-order valence-corrected chi connectivity index (χ4v) is 1.99. The van der Waals surface area contributed by atoms with Gasteiger partial charge in [-0.2, -0.15) is 10.2 Å². The Morgan fingerprint density at radius 2 is 2.20 bits per heavy atom. The molecule has 0 spiro atoms. The summed E-state index contributed by atoms with van der Waals surface area (Å²) in [6.45, 7) is 8.21. The Kier molecular flexibility index (Phi) is 3.73. The summed E-state index contributed by atoms with van der Waals surface area (Å²) in [5.41, 5.74) is 1.11. The summed E-state index contributed by atoms with van der Waals surface area (Å²) in [4.78, 5) is 10.8. The van der Waals surface area contributed by atoms with Crippen LogP contribution in [0.5, 0.6) is 0 Å². The summed E-state index contributed by atoms with van der Waals surface area (Å²) >= 11 is 0. The predicted molar refractivity (Wildman–Crippen MR) is 75.2 cm³/mol. The van der Waals surface area contributed by atoms with E-state index in [0.717, 1.165) is 6.54 Å². The maximum atomic E-state index is 11.2. The largest absolute Gasteiger partial charge is 0.334 e. The lowest BCUT2D eigenvalue weighted by Gasteiger charge is -2.10. The highest BCUT2D eigenvalue weighted by atomic mass is 16.6. The number of nitrogens with zero attached hydrogens (tertiary/aromatic N) is 5. The summed E-state index contributed by atoms with van der Waals surface area (Å²) in [5.74, 6) is 0.387. The second-order valence-electron chi connectivity index (χ2n) is 4.79. The molecule has 0 aliphatic rings. The molecule has 0 radical (unpaired) electrons. The zero-order valence-corrected chi connectivity index (χ0v) is 12.0. The van der Waals surface area contributed by atoms with Crippen LogP contribution in [0.2, 0.25) is 0 Å². The van der Waals surface area contributed by atoms with E-state index in [1.807, 2.05) is 20.8 Å². The molecule has 2 rings (SSSR count). The first-order valence-electron chi connectivity index (χ1n) is 6.47. The number of anilines is 2. The van der Waals surface area contributed by atoms with E-state index in [1.54, 1.807) is 28.7 Å². The maximum absolute atomic E-state index is 11.2. The molecule has 0 saturated carbocycles. The minimum Gasteiger partial charge on any atom is -0.332 e. The molecule has 108 valence electrons. The molecule has 20 heavy (non-hydrogen) atoms. The van der Waals surface area contributed by atoms with E-state index in [4.69, 9.17) is 0 Å². The Bertz CT molecular complexity index is 628. The molecule has 0 fully saturated rings. The van der Waals surface area contributed by atoms with Crippen LogP contribution in [0, 0.1) is 17.0 Å². The van der Waals surface area contributed by atoms with E-state index in [-0.39, 0.29) is 11.7 Å². The van der Waals surface area contributed by atoms with Gasteiger partial charge >= 0.3 is 5.69 Å². The summed E-state index contributed by atoms with van der Waals surface area (Å²) in [6, 6.07) is 0.0196. The summed E-state index contributed by atoms with van der Waals surface area (Å²) in [7, 11) is 0. The monoisotopic (exact) mass is 278 g/mol. The molecule has 0 unspecified atom stereocenters. The fraction of sp³-hybridized carbons (Fsp3) is 0.500. The smallest absolute Gasteiger partial charge is 0.332 e. The molecule has 2 heterocycles. The molecule has 0 bridgehead atoms. The Labute approximate surface area is 116 Å². The van der Waals surface area contributed by atoms with Crippen LogP contribution in [0.4, 0.5) is 17.2 Å². The Morgan fingerprint density at radius 3 is 2.70 bits per heavy atom. The van der Waals surface area contributed by atoms with E-state index >= 15 is 0 Å². The molecule has 0 saturated heterocycles. The lowest BCUT2D eigenvalue weighted by molar-refractivity contribution is -0.384. The molecule has 0 aromatic carbocycles. The van der Waals surface area contributed by atoms with Crippen molar-refractivity contribution in [2.45, 2.75) is 40.3 Å². The lowest BCUT2D eigenvalue weighted by Crippen LogP contribution is -2.08. The van der Waals surface area contributed by atoms with Gasteiger partial charge in [-0.15, -0.1) is 0 Å². The minimum atomic E-state index is -0.409. The number of nitro groups is 1. The molecule has 2 aromatic rings. The van der Waals surface area contributed by atoms with Gasteiger partial charge in [0, 0.05) is 18.8 Å². The van der Waals surface area contributed by atoms with Crippen LogP contribution in [-0.4, -0.2) is 24.5 Å². The van der Waals surface area contributed by atoms with Crippen molar-refractivity contribution < 1.29 is 4.92 Å². The highest BCUT2D eigenvalue weighted by Gasteiger charge is 2.26. The van der Waals surface area contributed by atoms with Crippen LogP contribution in [0.3, 0.4) is 0 Å². The van der Waals surface area contributed by atoms with Crippen molar-refractivity contribution in [3.8, 4) is 0 Å². The highest BCUT2D eigenvalue weighted by molar-refractivity contribution is 5.67. The number of nitrogens with one attached hydrogen (secondary N) is 1. The predicted octanol–water partition coefficient (Wildman–Crippen LogP) is 2.64. The molecule has 0 atom stereocenters. The van der Waals surface area contributed by atoms with E-state index in [1.165, 1.54) is 0 Å². The van der Waals surface area contributed by atoms with Gasteiger partial charge in [-0.3, -0.25) is 14.8 Å². The van der Waals surface area contributed by atoms with Gasteiger partial charge < -0.3 is 5.32 Å². The van der Waals surface area contributed by atoms with Gasteiger partial charge in [0.05, 0.1) is 16.8 Å². The SMILES string of the molecule is CCn1cc(Nc2c([N+](=O)[O-])c(C)nn2C(C)C)cn1. The summed E-state index contributed by atoms with van der Waals surface area (Å²) in [6.07, 6.45) is 3.44. The first kappa shape index (κ1) is 14.0. The zero-order chi connectivity index (χ0) is 14.9. The number of rotatable bonds is 5. The van der Waals surface area contributed by atoms with Crippen LogP contribution in [0.15, 0.2) is 12.4 Å². The van der Waals surface area contributed by atoms with E-state index in [9.17, 15) is 10.1 Å². The molecule has 2 aromatic heterocycles. The lowest BCUT2D eigenvalue weighted by atomic mass is 10.3. The van der Waals surface area contributed by atoms with Crippen molar-refractivity contribution in [3.05, 3.63) is 28.2 Å². The van der Waals surface area contributed by atoms with Crippen molar-refractivity contribution in [1.82, 2.24) is 19.6 Å². The van der Waals surface area contributed by atoms with Crippen LogP contribution in [0.25, 0.3) is 0 Å². The van der Waals surface area contributed by atoms with Gasteiger partial charge in [0.2, 0.25) is 5.82 Å². The van der Waals surface area contributed by atoms with Crippen molar-refractivity contribution in [3.63, 3.8) is 0 Å². The number of hydrogen-bond donors (Lipinski definition) is 1. The number of hydrogen-bond acceptors (Lipinski definition) is 5. The first-order chi connectivity index (χ1) is 9.43. The average molecular weight is 278 g/mol. The van der Waals surface area contributed by atoms with Gasteiger partial charge in [-0.1, -0.05) is 0 Å². The van der Waals surface area contributed by atoms with Crippen molar-refractivity contribution in [2.75, 3.05) is 5.32 Å². The molecule has 1 N–H and O–H groups in total. The Hall–Kier alpha value is -2.38. The normalized spacial score (nSPS) is 11.1. The Morgan fingerprint density at radius 1 is 1.50 bits per heavy atom. The molecule has 0 aliphatic heterocycles. The van der Waals surface area contributed by atoms with Crippen molar-refractivity contribution >= 4 is 17.2 Å². The van der Waals surface area contributed by atoms with Gasteiger partial charge in [0.15, 0.2) is 0 Å². The van der Waals surface area contributed by atoms with Crippen molar-refractivity contribution in [2.24, 2.45) is 0 Å². The minimum absolute atomic E-state index is 0.00273.